The summed E-state index contributed by atoms with van der Waals surface area (Å²) in [6.07, 6.45) is 2.20. The number of halogens is 1. The molecule has 0 bridgehead atoms. The van der Waals surface area contributed by atoms with Gasteiger partial charge in [0.2, 0.25) is 0 Å². The lowest BCUT2D eigenvalue weighted by atomic mass is 9.97. The van der Waals surface area contributed by atoms with Crippen LogP contribution >= 0.6 is 11.6 Å². The van der Waals surface area contributed by atoms with Crippen molar-refractivity contribution in [2.45, 2.75) is 18.9 Å². The molecule has 0 aliphatic heterocycles. The Morgan fingerprint density at radius 1 is 1.08 bits per heavy atom. The summed E-state index contributed by atoms with van der Waals surface area (Å²) < 4.78 is 6.10. The van der Waals surface area contributed by atoms with Gasteiger partial charge in [-0.05, 0) is 41.2 Å². The molecule has 0 aromatic heterocycles. The molecule has 4 heteroatoms. The van der Waals surface area contributed by atoms with Crippen LogP contribution in [0.15, 0.2) is 60.7 Å². The Hall–Kier alpha value is -2.78. The van der Waals surface area contributed by atoms with Gasteiger partial charge in [0.1, 0.15) is 17.6 Å². The molecule has 0 radical (unpaired) electrons. The molecule has 3 aromatic carbocycles. The monoisotopic (exact) mass is 364 g/mol. The molecule has 0 saturated carbocycles. The number of phenols is 1. The number of ether oxygens (including phenoxy) is 1. The first-order chi connectivity index (χ1) is 12.7. The van der Waals surface area contributed by atoms with E-state index in [1.54, 1.807) is 0 Å². The van der Waals surface area contributed by atoms with Crippen LogP contribution in [0.5, 0.6) is 11.5 Å². The lowest BCUT2D eigenvalue weighted by Crippen LogP contribution is -2.04. The topological polar surface area (TPSA) is 46.5 Å². The van der Waals surface area contributed by atoms with E-state index >= 15 is 0 Å². The van der Waals surface area contributed by atoms with Crippen molar-refractivity contribution in [3.8, 4) is 22.6 Å². The summed E-state index contributed by atoms with van der Waals surface area (Å²) in [5, 5.41) is 10.2. The molecule has 0 spiro atoms. The highest BCUT2D eigenvalue weighted by atomic mass is 35.5. The first-order valence-electron chi connectivity index (χ1n) is 8.49. The van der Waals surface area contributed by atoms with Gasteiger partial charge in [0, 0.05) is 6.07 Å². The summed E-state index contributed by atoms with van der Waals surface area (Å²) in [5.74, 6) is 0.258. The van der Waals surface area contributed by atoms with E-state index in [1.807, 2.05) is 24.3 Å². The molecule has 0 fully saturated rings. The molecule has 3 nitrogen and oxygen atoms in total. The van der Waals surface area contributed by atoms with Crippen molar-refractivity contribution in [3.05, 3.63) is 82.4 Å². The molecule has 0 saturated heterocycles. The number of hydrogen-bond acceptors (Lipinski definition) is 3. The molecular weight excluding hydrogens is 348 g/mol. The average molecular weight is 365 g/mol. The third-order valence-electron chi connectivity index (χ3n) is 4.78. The number of carbonyl (C=O) groups is 1. The minimum atomic E-state index is -0.132. The summed E-state index contributed by atoms with van der Waals surface area (Å²) in [5.41, 5.74) is 4.99. The molecule has 0 heterocycles. The maximum absolute atomic E-state index is 10.9. The largest absolute Gasteiger partial charge is 0.507 e. The summed E-state index contributed by atoms with van der Waals surface area (Å²) in [7, 11) is 0. The van der Waals surface area contributed by atoms with E-state index in [4.69, 9.17) is 16.3 Å². The highest BCUT2D eigenvalue weighted by Gasteiger charge is 2.27. The van der Waals surface area contributed by atoms with E-state index in [2.05, 4.69) is 24.3 Å². The first-order valence-corrected chi connectivity index (χ1v) is 8.86. The number of rotatable bonds is 4. The second-order valence-corrected chi connectivity index (χ2v) is 6.75. The number of fused-ring (bicyclic) bond motifs is 1. The van der Waals surface area contributed by atoms with Crippen LogP contribution in [0.1, 0.15) is 34.0 Å². The molecule has 0 amide bonds. The summed E-state index contributed by atoms with van der Waals surface area (Å²) in [6, 6.07) is 19.4. The third kappa shape index (κ3) is 2.95. The van der Waals surface area contributed by atoms with Gasteiger partial charge in [0.25, 0.3) is 0 Å². The van der Waals surface area contributed by atoms with Crippen molar-refractivity contribution in [3.63, 3.8) is 0 Å². The Balaban J connectivity index is 1.67. The maximum atomic E-state index is 10.9. The fourth-order valence-corrected chi connectivity index (χ4v) is 3.74. The highest BCUT2D eigenvalue weighted by Crippen LogP contribution is 2.42. The van der Waals surface area contributed by atoms with Crippen LogP contribution in [0.3, 0.4) is 0 Å². The predicted octanol–water partition coefficient (Wildman–Crippen LogP) is 5.59. The fourth-order valence-electron chi connectivity index (χ4n) is 3.52. The second kappa shape index (κ2) is 6.85. The van der Waals surface area contributed by atoms with Gasteiger partial charge in [-0.15, -0.1) is 0 Å². The molecular formula is C22H17ClO3. The minimum Gasteiger partial charge on any atom is -0.507 e. The summed E-state index contributed by atoms with van der Waals surface area (Å²) in [4.78, 5) is 10.9. The normalized spacial score (nSPS) is 15.5. The van der Waals surface area contributed by atoms with Gasteiger partial charge < -0.3 is 9.84 Å². The maximum Gasteiger partial charge on any atom is 0.153 e. The second-order valence-electron chi connectivity index (χ2n) is 6.34. The zero-order chi connectivity index (χ0) is 18.1. The van der Waals surface area contributed by atoms with Gasteiger partial charge in [-0.3, -0.25) is 4.79 Å². The quantitative estimate of drug-likeness (QED) is 0.613. The Morgan fingerprint density at radius 2 is 1.88 bits per heavy atom. The Labute approximate surface area is 156 Å². The molecule has 1 N–H and O–H groups in total. The molecule has 4 rings (SSSR count). The van der Waals surface area contributed by atoms with Crippen molar-refractivity contribution in [1.29, 1.82) is 0 Å². The molecule has 26 heavy (non-hydrogen) atoms. The van der Waals surface area contributed by atoms with E-state index < -0.39 is 0 Å². The van der Waals surface area contributed by atoms with Crippen LogP contribution in [0, 0.1) is 0 Å². The van der Waals surface area contributed by atoms with Gasteiger partial charge in [-0.25, -0.2) is 0 Å². The summed E-state index contributed by atoms with van der Waals surface area (Å²) >= 11 is 6.22. The van der Waals surface area contributed by atoms with Crippen molar-refractivity contribution < 1.29 is 14.6 Å². The van der Waals surface area contributed by atoms with Gasteiger partial charge in [0.15, 0.2) is 6.29 Å². The summed E-state index contributed by atoms with van der Waals surface area (Å²) in [6.45, 7) is 0. The first kappa shape index (κ1) is 16.7. The van der Waals surface area contributed by atoms with Crippen molar-refractivity contribution in [2.24, 2.45) is 0 Å². The smallest absolute Gasteiger partial charge is 0.153 e. The zero-order valence-corrected chi connectivity index (χ0v) is 14.7. The van der Waals surface area contributed by atoms with Crippen molar-refractivity contribution in [2.75, 3.05) is 0 Å². The Kier molecular flexibility index (Phi) is 4.39. The van der Waals surface area contributed by atoms with Crippen LogP contribution in [-0.4, -0.2) is 11.4 Å². The lowest BCUT2D eigenvalue weighted by Gasteiger charge is -2.17. The van der Waals surface area contributed by atoms with E-state index in [0.29, 0.717) is 17.1 Å². The number of phenolic OH excluding ortho intramolecular Hbond substituents is 1. The lowest BCUT2D eigenvalue weighted by molar-refractivity contribution is 0.112. The zero-order valence-electron chi connectivity index (χ0n) is 14.0. The molecule has 1 atom stereocenters. The number of carbonyl (C=O) groups excluding carboxylic acids is 1. The van der Waals surface area contributed by atoms with Crippen molar-refractivity contribution >= 4 is 17.9 Å². The standard InChI is InChI=1S/C22H17ClO3/c23-19-11-15(13-24)20(25)12-22(19)26-21-10-9-17-16(7-4-8-18(17)21)14-5-2-1-3-6-14/h1-8,11-13,21,25H,9-10H2/t21-/m0/s1. The number of aldehydes is 1. The van der Waals surface area contributed by atoms with E-state index in [-0.39, 0.29) is 17.4 Å². The molecule has 0 unspecified atom stereocenters. The van der Waals surface area contributed by atoms with Gasteiger partial charge >= 0.3 is 0 Å². The van der Waals surface area contributed by atoms with Gasteiger partial charge in [0.05, 0.1) is 10.6 Å². The Morgan fingerprint density at radius 3 is 2.65 bits per heavy atom. The van der Waals surface area contributed by atoms with Crippen LogP contribution in [-0.2, 0) is 6.42 Å². The average Bonchev–Trinajstić information content (AvgIpc) is 3.08. The minimum absolute atomic E-state index is 0.129. The number of benzene rings is 3. The fraction of sp³-hybridized carbons (Fsp3) is 0.136. The van der Waals surface area contributed by atoms with Gasteiger partial charge in [-0.1, -0.05) is 60.1 Å². The molecule has 3 aromatic rings. The van der Waals surface area contributed by atoms with Gasteiger partial charge in [-0.2, -0.15) is 0 Å². The molecule has 1 aliphatic rings. The molecule has 1 aliphatic carbocycles. The van der Waals surface area contributed by atoms with Crippen LogP contribution < -0.4 is 4.74 Å². The van der Waals surface area contributed by atoms with Crippen LogP contribution in [0.25, 0.3) is 11.1 Å². The van der Waals surface area contributed by atoms with E-state index in [1.165, 1.54) is 28.8 Å². The SMILES string of the molecule is O=Cc1cc(Cl)c(O[C@H]2CCc3c(-c4ccccc4)cccc32)cc1O. The number of hydrogen-bond donors (Lipinski definition) is 1. The highest BCUT2D eigenvalue weighted by molar-refractivity contribution is 6.32. The Bertz CT molecular complexity index is 967. The number of aromatic hydroxyl groups is 1. The molecule has 130 valence electrons. The van der Waals surface area contributed by atoms with Crippen LogP contribution in [0.2, 0.25) is 5.02 Å². The van der Waals surface area contributed by atoms with Crippen molar-refractivity contribution in [1.82, 2.24) is 0 Å². The third-order valence-corrected chi connectivity index (χ3v) is 5.07. The van der Waals surface area contributed by atoms with Crippen LogP contribution in [0.4, 0.5) is 0 Å². The predicted molar refractivity (Wildman–Crippen MR) is 102 cm³/mol. The van der Waals surface area contributed by atoms with E-state index in [9.17, 15) is 9.90 Å². The van der Waals surface area contributed by atoms with E-state index in [0.717, 1.165) is 18.4 Å².